The number of halogens is 1. The van der Waals surface area contributed by atoms with Gasteiger partial charge in [-0.1, -0.05) is 24.4 Å². The van der Waals surface area contributed by atoms with Crippen LogP contribution in [-0.4, -0.2) is 18.9 Å². The van der Waals surface area contributed by atoms with Crippen LogP contribution in [0.15, 0.2) is 12.1 Å². The van der Waals surface area contributed by atoms with Crippen molar-refractivity contribution < 1.29 is 4.79 Å². The topological polar surface area (TPSA) is 20.3 Å². The van der Waals surface area contributed by atoms with Gasteiger partial charge < -0.3 is 4.90 Å². The molecule has 2 rings (SSSR count). The summed E-state index contributed by atoms with van der Waals surface area (Å²) in [6.45, 7) is 7.84. The van der Waals surface area contributed by atoms with E-state index in [2.05, 4.69) is 11.8 Å². The van der Waals surface area contributed by atoms with E-state index in [0.29, 0.717) is 5.02 Å². The van der Waals surface area contributed by atoms with E-state index in [4.69, 9.17) is 11.6 Å². The third kappa shape index (κ3) is 3.35. The lowest BCUT2D eigenvalue weighted by atomic mass is 10.0. The summed E-state index contributed by atoms with van der Waals surface area (Å²) in [5.41, 5.74) is 2.93. The molecule has 2 nitrogen and oxygen atoms in total. The van der Waals surface area contributed by atoms with E-state index >= 15 is 0 Å². The zero-order valence-corrected chi connectivity index (χ0v) is 13.5. The summed E-state index contributed by atoms with van der Waals surface area (Å²) >= 11 is 6.20. The van der Waals surface area contributed by atoms with Gasteiger partial charge in [0.15, 0.2) is 5.78 Å². The van der Waals surface area contributed by atoms with Crippen molar-refractivity contribution in [2.45, 2.75) is 46.5 Å². The Kier molecular flexibility index (Phi) is 5.09. The first-order valence-corrected chi connectivity index (χ1v) is 7.96. The highest BCUT2D eigenvalue weighted by molar-refractivity contribution is 6.31. The predicted molar refractivity (Wildman–Crippen MR) is 86.0 cm³/mol. The molecule has 0 heterocycles. The highest BCUT2D eigenvalue weighted by Crippen LogP contribution is 2.32. The van der Waals surface area contributed by atoms with E-state index in [0.717, 1.165) is 35.8 Å². The molecule has 110 valence electrons. The van der Waals surface area contributed by atoms with E-state index in [1.807, 2.05) is 13.0 Å². The zero-order chi connectivity index (χ0) is 14.7. The fraction of sp³-hybridized carbons (Fsp3) is 0.588. The van der Waals surface area contributed by atoms with Crippen molar-refractivity contribution in [3.8, 4) is 0 Å². The maximum atomic E-state index is 11.7. The van der Waals surface area contributed by atoms with Crippen LogP contribution < -0.4 is 4.90 Å². The smallest absolute Gasteiger partial charge is 0.160 e. The van der Waals surface area contributed by atoms with Crippen molar-refractivity contribution in [2.75, 3.05) is 18.0 Å². The average molecular weight is 294 g/mol. The monoisotopic (exact) mass is 293 g/mol. The number of hydrogen-bond acceptors (Lipinski definition) is 2. The number of rotatable bonds is 5. The highest BCUT2D eigenvalue weighted by Gasteiger charge is 2.20. The number of nitrogens with zero attached hydrogens (tertiary/aromatic N) is 1. The number of carbonyl (C=O) groups excluding carboxylic acids is 1. The first-order valence-electron chi connectivity index (χ1n) is 7.59. The molecule has 1 aliphatic rings. The van der Waals surface area contributed by atoms with Gasteiger partial charge in [0.25, 0.3) is 0 Å². The second-order valence-corrected chi connectivity index (χ2v) is 6.28. The third-order valence-corrected chi connectivity index (χ3v) is 4.62. The lowest BCUT2D eigenvalue weighted by Gasteiger charge is -2.29. The Morgan fingerprint density at radius 2 is 2.00 bits per heavy atom. The quantitative estimate of drug-likeness (QED) is 0.722. The molecular weight excluding hydrogens is 270 g/mol. The Balaban J connectivity index is 2.30. The summed E-state index contributed by atoms with van der Waals surface area (Å²) in [7, 11) is 0. The van der Waals surface area contributed by atoms with Crippen LogP contribution in [0.25, 0.3) is 0 Å². The van der Waals surface area contributed by atoms with Crippen LogP contribution in [0.5, 0.6) is 0 Å². The molecule has 0 bridgehead atoms. The largest absolute Gasteiger partial charge is 0.371 e. The number of hydrogen-bond donors (Lipinski definition) is 0. The van der Waals surface area contributed by atoms with Crippen LogP contribution >= 0.6 is 11.6 Å². The number of ketones is 1. The van der Waals surface area contributed by atoms with Crippen molar-refractivity contribution >= 4 is 23.1 Å². The van der Waals surface area contributed by atoms with Gasteiger partial charge in [0.2, 0.25) is 0 Å². The summed E-state index contributed by atoms with van der Waals surface area (Å²) in [5.74, 6) is 0.872. The van der Waals surface area contributed by atoms with Crippen LogP contribution in [0, 0.1) is 12.8 Å². The molecule has 0 atom stereocenters. The normalized spacial score (nSPS) is 15.6. The van der Waals surface area contributed by atoms with Gasteiger partial charge in [-0.2, -0.15) is 0 Å². The zero-order valence-electron chi connectivity index (χ0n) is 12.7. The minimum absolute atomic E-state index is 0.0863. The Labute approximate surface area is 127 Å². The first-order chi connectivity index (χ1) is 9.52. The van der Waals surface area contributed by atoms with E-state index < -0.39 is 0 Å². The van der Waals surface area contributed by atoms with Crippen LogP contribution in [0.3, 0.4) is 0 Å². The van der Waals surface area contributed by atoms with Crippen LogP contribution in [0.4, 0.5) is 5.69 Å². The third-order valence-electron chi connectivity index (χ3n) is 4.40. The SMILES string of the molecule is CCN(CC1CCCC1)c1cc(Cl)cc(C(C)=O)c1C. The Morgan fingerprint density at radius 3 is 2.55 bits per heavy atom. The molecule has 0 radical (unpaired) electrons. The van der Waals surface area contributed by atoms with Crippen molar-refractivity contribution in [3.63, 3.8) is 0 Å². The van der Waals surface area contributed by atoms with Crippen LogP contribution in [0.2, 0.25) is 5.02 Å². The van der Waals surface area contributed by atoms with Gasteiger partial charge in [0.1, 0.15) is 0 Å². The molecule has 20 heavy (non-hydrogen) atoms. The van der Waals surface area contributed by atoms with E-state index in [1.165, 1.54) is 25.7 Å². The molecule has 1 aromatic rings. The molecule has 0 aliphatic heterocycles. The van der Waals surface area contributed by atoms with Crippen molar-refractivity contribution in [1.29, 1.82) is 0 Å². The van der Waals surface area contributed by atoms with E-state index in [9.17, 15) is 4.79 Å². The minimum Gasteiger partial charge on any atom is -0.371 e. The molecule has 0 N–H and O–H groups in total. The molecule has 0 unspecified atom stereocenters. The molecule has 0 spiro atoms. The van der Waals surface area contributed by atoms with Gasteiger partial charge in [-0.3, -0.25) is 4.79 Å². The molecular formula is C17H24ClNO. The summed E-state index contributed by atoms with van der Waals surface area (Å²) in [6, 6.07) is 3.79. The van der Waals surface area contributed by atoms with Crippen LogP contribution in [0.1, 0.15) is 55.5 Å². The molecule has 1 aliphatic carbocycles. The van der Waals surface area contributed by atoms with Crippen LogP contribution in [-0.2, 0) is 0 Å². The lowest BCUT2D eigenvalue weighted by Crippen LogP contribution is -2.29. The minimum atomic E-state index is 0.0863. The number of anilines is 1. The second-order valence-electron chi connectivity index (χ2n) is 5.84. The molecule has 1 aromatic carbocycles. The average Bonchev–Trinajstić information content (AvgIpc) is 2.91. The number of carbonyl (C=O) groups is 1. The molecule has 0 aromatic heterocycles. The Hall–Kier alpha value is -1.02. The summed E-state index contributed by atoms with van der Waals surface area (Å²) in [4.78, 5) is 14.1. The lowest BCUT2D eigenvalue weighted by molar-refractivity contribution is 0.101. The molecule has 3 heteroatoms. The van der Waals surface area contributed by atoms with Gasteiger partial charge in [-0.15, -0.1) is 0 Å². The second kappa shape index (κ2) is 6.62. The molecule has 0 amide bonds. The van der Waals surface area contributed by atoms with Gasteiger partial charge in [0.05, 0.1) is 0 Å². The van der Waals surface area contributed by atoms with E-state index in [-0.39, 0.29) is 5.78 Å². The summed E-state index contributed by atoms with van der Waals surface area (Å²) in [6.07, 6.45) is 5.37. The number of Topliss-reactive ketones (excluding diaryl/α,β-unsaturated/α-hetero) is 1. The van der Waals surface area contributed by atoms with E-state index in [1.54, 1.807) is 13.0 Å². The molecule has 1 fully saturated rings. The van der Waals surface area contributed by atoms with Crippen molar-refractivity contribution in [2.24, 2.45) is 5.92 Å². The maximum Gasteiger partial charge on any atom is 0.160 e. The predicted octanol–water partition coefficient (Wildman–Crippen LogP) is 4.87. The fourth-order valence-electron chi connectivity index (χ4n) is 3.26. The Morgan fingerprint density at radius 1 is 1.35 bits per heavy atom. The molecule has 1 saturated carbocycles. The van der Waals surface area contributed by atoms with Gasteiger partial charge >= 0.3 is 0 Å². The summed E-state index contributed by atoms with van der Waals surface area (Å²) < 4.78 is 0. The van der Waals surface area contributed by atoms with Gasteiger partial charge in [-0.05, 0) is 57.2 Å². The van der Waals surface area contributed by atoms with Crippen molar-refractivity contribution in [1.82, 2.24) is 0 Å². The van der Waals surface area contributed by atoms with Gasteiger partial charge in [0, 0.05) is 29.4 Å². The fourth-order valence-corrected chi connectivity index (χ4v) is 3.47. The number of benzene rings is 1. The maximum absolute atomic E-state index is 11.7. The summed E-state index contributed by atoms with van der Waals surface area (Å²) in [5, 5.41) is 0.653. The highest BCUT2D eigenvalue weighted by atomic mass is 35.5. The van der Waals surface area contributed by atoms with Crippen molar-refractivity contribution in [3.05, 3.63) is 28.3 Å². The Bertz CT molecular complexity index is 492. The standard InChI is InChI=1S/C17H24ClNO/c1-4-19(11-14-7-5-6-8-14)17-10-15(18)9-16(12(17)2)13(3)20/h9-10,14H,4-8,11H2,1-3H3. The molecule has 0 saturated heterocycles. The van der Waals surface area contributed by atoms with Gasteiger partial charge in [-0.25, -0.2) is 0 Å². The first kappa shape index (κ1) is 15.4.